The monoisotopic (exact) mass is 154 g/mol. The highest BCUT2D eigenvalue weighted by atomic mass is 15.2. The van der Waals surface area contributed by atoms with Gasteiger partial charge in [-0.15, -0.1) is 0 Å². The summed E-state index contributed by atoms with van der Waals surface area (Å²) in [5, 5.41) is 0. The fourth-order valence-electron chi connectivity index (χ4n) is 1.53. The number of nitrogens with zero attached hydrogens (tertiary/aromatic N) is 1. The van der Waals surface area contributed by atoms with E-state index in [1.54, 1.807) is 0 Å². The molecule has 1 heterocycles. The molecule has 64 valence electrons. The Hall–Kier alpha value is -0.500. The van der Waals surface area contributed by atoms with Crippen molar-refractivity contribution >= 4 is 0 Å². The van der Waals surface area contributed by atoms with E-state index in [2.05, 4.69) is 17.2 Å². The van der Waals surface area contributed by atoms with Crippen LogP contribution in [0.3, 0.4) is 0 Å². The minimum atomic E-state index is 0.258. The van der Waals surface area contributed by atoms with Gasteiger partial charge in [0.15, 0.2) is 0 Å². The van der Waals surface area contributed by atoms with E-state index in [1.807, 2.05) is 6.92 Å². The van der Waals surface area contributed by atoms with Crippen molar-refractivity contribution in [3.05, 3.63) is 12.3 Å². The molecule has 1 atom stereocenters. The summed E-state index contributed by atoms with van der Waals surface area (Å²) < 4.78 is 0. The molecule has 0 aromatic heterocycles. The average molecular weight is 154 g/mol. The van der Waals surface area contributed by atoms with Gasteiger partial charge in [0.1, 0.15) is 0 Å². The number of nitrogens with two attached hydrogens (primary N) is 1. The Morgan fingerprint density at radius 1 is 1.36 bits per heavy atom. The first-order chi connectivity index (χ1) is 5.34. The molecule has 1 aliphatic heterocycles. The van der Waals surface area contributed by atoms with E-state index in [9.17, 15) is 0 Å². The fourth-order valence-corrected chi connectivity index (χ4v) is 1.53. The molecule has 1 rings (SSSR count). The molecular formula is C9H18N2. The normalized spacial score (nSPS) is 27.5. The number of allylic oxidation sites excluding steroid dienone is 1. The third-order valence-electron chi connectivity index (χ3n) is 2.18. The van der Waals surface area contributed by atoms with Crippen LogP contribution in [0.4, 0.5) is 0 Å². The number of rotatable bonds is 1. The van der Waals surface area contributed by atoms with Crippen LogP contribution in [-0.2, 0) is 0 Å². The molecular weight excluding hydrogens is 136 g/mol. The van der Waals surface area contributed by atoms with Crippen LogP contribution in [0, 0.1) is 0 Å². The van der Waals surface area contributed by atoms with Crippen LogP contribution < -0.4 is 5.73 Å². The van der Waals surface area contributed by atoms with Crippen molar-refractivity contribution in [3.8, 4) is 0 Å². The van der Waals surface area contributed by atoms with E-state index in [0.717, 1.165) is 13.0 Å². The summed E-state index contributed by atoms with van der Waals surface area (Å²) in [6.07, 6.45) is 9.48. The SMILES string of the molecule is C/C=C\N1CCCCC[C@@H]1N. The maximum atomic E-state index is 5.94. The molecule has 0 radical (unpaired) electrons. The van der Waals surface area contributed by atoms with Crippen LogP contribution in [0.15, 0.2) is 12.3 Å². The van der Waals surface area contributed by atoms with Crippen LogP contribution in [0.2, 0.25) is 0 Å². The molecule has 0 bridgehead atoms. The van der Waals surface area contributed by atoms with Gasteiger partial charge in [-0.1, -0.05) is 12.5 Å². The molecule has 2 N–H and O–H groups in total. The van der Waals surface area contributed by atoms with Gasteiger partial charge in [0.05, 0.1) is 6.17 Å². The largest absolute Gasteiger partial charge is 0.363 e. The zero-order valence-electron chi connectivity index (χ0n) is 7.29. The Bertz CT molecular complexity index is 132. The van der Waals surface area contributed by atoms with Crippen molar-refractivity contribution in [2.45, 2.75) is 38.8 Å². The molecule has 2 nitrogen and oxygen atoms in total. The molecule has 11 heavy (non-hydrogen) atoms. The number of hydrogen-bond acceptors (Lipinski definition) is 2. The molecule has 0 aliphatic carbocycles. The lowest BCUT2D eigenvalue weighted by molar-refractivity contribution is 0.287. The first-order valence-corrected chi connectivity index (χ1v) is 4.48. The second-order valence-electron chi connectivity index (χ2n) is 3.14. The van der Waals surface area contributed by atoms with Crippen LogP contribution in [0.1, 0.15) is 32.6 Å². The summed E-state index contributed by atoms with van der Waals surface area (Å²) >= 11 is 0. The predicted molar refractivity (Wildman–Crippen MR) is 48.0 cm³/mol. The number of hydrogen-bond donors (Lipinski definition) is 1. The van der Waals surface area contributed by atoms with Gasteiger partial charge in [-0.3, -0.25) is 0 Å². The molecule has 1 fully saturated rings. The molecule has 0 saturated carbocycles. The van der Waals surface area contributed by atoms with E-state index in [4.69, 9.17) is 5.73 Å². The van der Waals surface area contributed by atoms with Gasteiger partial charge in [0.25, 0.3) is 0 Å². The summed E-state index contributed by atoms with van der Waals surface area (Å²) in [7, 11) is 0. The van der Waals surface area contributed by atoms with Crippen molar-refractivity contribution in [2.75, 3.05) is 6.54 Å². The smallest absolute Gasteiger partial charge is 0.0765 e. The summed E-state index contributed by atoms with van der Waals surface area (Å²) in [5.74, 6) is 0. The predicted octanol–water partition coefficient (Wildman–Crippen LogP) is 1.68. The Labute approximate surface area is 69.1 Å². The minimum absolute atomic E-state index is 0.258. The second-order valence-corrected chi connectivity index (χ2v) is 3.14. The van der Waals surface area contributed by atoms with Crippen molar-refractivity contribution < 1.29 is 0 Å². The van der Waals surface area contributed by atoms with E-state index in [1.165, 1.54) is 19.3 Å². The standard InChI is InChI=1S/C9H18N2/c1-2-7-11-8-5-3-4-6-9(11)10/h2,7,9H,3-6,8,10H2,1H3/b7-2-/t9-/m1/s1. The van der Waals surface area contributed by atoms with Gasteiger partial charge in [0, 0.05) is 6.54 Å². The van der Waals surface area contributed by atoms with Crippen LogP contribution in [-0.4, -0.2) is 17.6 Å². The van der Waals surface area contributed by atoms with Crippen molar-refractivity contribution in [1.82, 2.24) is 4.90 Å². The minimum Gasteiger partial charge on any atom is -0.363 e. The maximum absolute atomic E-state index is 5.94. The van der Waals surface area contributed by atoms with Crippen molar-refractivity contribution in [3.63, 3.8) is 0 Å². The summed E-state index contributed by atoms with van der Waals surface area (Å²) in [5.41, 5.74) is 5.94. The van der Waals surface area contributed by atoms with Crippen LogP contribution in [0.25, 0.3) is 0 Å². The van der Waals surface area contributed by atoms with Gasteiger partial charge in [-0.05, 0) is 32.4 Å². The average Bonchev–Trinajstić information content (AvgIpc) is 2.18. The molecule has 1 aliphatic rings. The highest BCUT2D eigenvalue weighted by Crippen LogP contribution is 2.13. The molecule has 0 unspecified atom stereocenters. The van der Waals surface area contributed by atoms with E-state index in [0.29, 0.717) is 0 Å². The first kappa shape index (κ1) is 8.60. The molecule has 2 heteroatoms. The number of likely N-dealkylation sites (tertiary alicyclic amines) is 1. The van der Waals surface area contributed by atoms with Crippen LogP contribution >= 0.6 is 0 Å². The lowest BCUT2D eigenvalue weighted by atomic mass is 10.2. The topological polar surface area (TPSA) is 29.3 Å². The van der Waals surface area contributed by atoms with Crippen LogP contribution in [0.5, 0.6) is 0 Å². The van der Waals surface area contributed by atoms with Gasteiger partial charge >= 0.3 is 0 Å². The third kappa shape index (κ3) is 2.54. The first-order valence-electron chi connectivity index (χ1n) is 4.48. The second kappa shape index (κ2) is 4.39. The van der Waals surface area contributed by atoms with Gasteiger partial charge in [-0.25, -0.2) is 0 Å². The van der Waals surface area contributed by atoms with Gasteiger partial charge in [-0.2, -0.15) is 0 Å². The third-order valence-corrected chi connectivity index (χ3v) is 2.18. The highest BCUT2D eigenvalue weighted by Gasteiger charge is 2.12. The zero-order chi connectivity index (χ0) is 8.10. The fraction of sp³-hybridized carbons (Fsp3) is 0.778. The van der Waals surface area contributed by atoms with Crippen molar-refractivity contribution in [2.24, 2.45) is 5.73 Å². The molecule has 0 aromatic carbocycles. The highest BCUT2D eigenvalue weighted by molar-refractivity contribution is 4.83. The Balaban J connectivity index is 2.45. The Morgan fingerprint density at radius 2 is 2.18 bits per heavy atom. The van der Waals surface area contributed by atoms with Crippen molar-refractivity contribution in [1.29, 1.82) is 0 Å². The summed E-state index contributed by atoms with van der Waals surface area (Å²) in [6.45, 7) is 3.17. The zero-order valence-corrected chi connectivity index (χ0v) is 7.29. The van der Waals surface area contributed by atoms with E-state index < -0.39 is 0 Å². The molecule has 1 saturated heterocycles. The summed E-state index contributed by atoms with van der Waals surface area (Å²) in [6, 6.07) is 0. The molecule has 0 aromatic rings. The maximum Gasteiger partial charge on any atom is 0.0765 e. The summed E-state index contributed by atoms with van der Waals surface area (Å²) in [4.78, 5) is 2.24. The van der Waals surface area contributed by atoms with E-state index in [-0.39, 0.29) is 6.17 Å². The van der Waals surface area contributed by atoms with E-state index >= 15 is 0 Å². The quantitative estimate of drug-likeness (QED) is 0.622. The van der Waals surface area contributed by atoms with Gasteiger partial charge < -0.3 is 10.6 Å². The molecule has 0 amide bonds. The molecule has 0 spiro atoms. The van der Waals surface area contributed by atoms with Gasteiger partial charge in [0.2, 0.25) is 0 Å². The Morgan fingerprint density at radius 3 is 2.91 bits per heavy atom. The lowest BCUT2D eigenvalue weighted by Crippen LogP contribution is -2.37. The Kier molecular flexibility index (Phi) is 3.43. The lowest BCUT2D eigenvalue weighted by Gasteiger charge is -2.24.